The van der Waals surface area contributed by atoms with Gasteiger partial charge in [-0.2, -0.15) is 0 Å². The van der Waals surface area contributed by atoms with Crippen LogP contribution in [0.4, 0.5) is 0 Å². The van der Waals surface area contributed by atoms with E-state index in [4.69, 9.17) is 0 Å². The maximum absolute atomic E-state index is 12.2. The van der Waals surface area contributed by atoms with Gasteiger partial charge in [0.25, 0.3) is 5.91 Å². The van der Waals surface area contributed by atoms with Crippen LogP contribution < -0.4 is 5.32 Å². The molecular weight excluding hydrogens is 314 g/mol. The molecule has 0 heterocycles. The molecule has 0 unspecified atom stereocenters. The number of benzene rings is 2. The van der Waals surface area contributed by atoms with Gasteiger partial charge in [-0.1, -0.05) is 52.3 Å². The Bertz CT molecular complexity index is 622. The number of carbonyl (C=O) groups excluding carboxylic acids is 1. The zero-order valence-electron chi connectivity index (χ0n) is 11.7. The van der Waals surface area contributed by atoms with Crippen LogP contribution in [-0.4, -0.2) is 5.91 Å². The molecule has 0 atom stereocenters. The highest BCUT2D eigenvalue weighted by Crippen LogP contribution is 2.13. The van der Waals surface area contributed by atoms with Gasteiger partial charge >= 0.3 is 0 Å². The normalized spacial score (nSPS) is 10.3. The smallest absolute Gasteiger partial charge is 0.251 e. The lowest BCUT2D eigenvalue weighted by atomic mass is 10.0. The summed E-state index contributed by atoms with van der Waals surface area (Å²) in [6.45, 7) is 4.55. The van der Waals surface area contributed by atoms with E-state index in [1.165, 1.54) is 5.56 Å². The van der Waals surface area contributed by atoms with Crippen molar-refractivity contribution in [2.45, 2.75) is 25.7 Å². The van der Waals surface area contributed by atoms with Crippen molar-refractivity contribution < 1.29 is 4.79 Å². The summed E-state index contributed by atoms with van der Waals surface area (Å²) < 4.78 is 0. The van der Waals surface area contributed by atoms with E-state index in [-0.39, 0.29) is 5.91 Å². The van der Waals surface area contributed by atoms with E-state index in [9.17, 15) is 4.79 Å². The monoisotopic (exact) mass is 331 g/mol. The molecule has 2 aromatic carbocycles. The van der Waals surface area contributed by atoms with E-state index in [2.05, 4.69) is 33.4 Å². The molecule has 0 aliphatic heterocycles. The Balaban J connectivity index is 2.06. The molecule has 1 N–H and O–H groups in total. The van der Waals surface area contributed by atoms with Crippen LogP contribution in [-0.2, 0) is 11.9 Å². The molecule has 104 valence electrons. The maximum Gasteiger partial charge on any atom is 0.251 e. The Morgan fingerprint density at radius 2 is 1.80 bits per heavy atom. The van der Waals surface area contributed by atoms with Gasteiger partial charge in [-0.3, -0.25) is 4.79 Å². The highest BCUT2D eigenvalue weighted by atomic mass is 79.9. The fourth-order valence-electron chi connectivity index (χ4n) is 2.10. The van der Waals surface area contributed by atoms with Gasteiger partial charge in [0.1, 0.15) is 0 Å². The fraction of sp³-hybridized carbons (Fsp3) is 0.235. The van der Waals surface area contributed by atoms with Gasteiger partial charge < -0.3 is 5.32 Å². The van der Waals surface area contributed by atoms with Crippen LogP contribution in [0, 0.1) is 13.8 Å². The summed E-state index contributed by atoms with van der Waals surface area (Å²) in [5, 5.41) is 3.81. The first kappa shape index (κ1) is 14.8. The number of alkyl halides is 1. The highest BCUT2D eigenvalue weighted by molar-refractivity contribution is 9.08. The number of hydrogen-bond donors (Lipinski definition) is 1. The van der Waals surface area contributed by atoms with Crippen molar-refractivity contribution in [2.75, 3.05) is 0 Å². The molecule has 0 fully saturated rings. The van der Waals surface area contributed by atoms with Crippen molar-refractivity contribution in [3.05, 3.63) is 70.3 Å². The maximum atomic E-state index is 12.2. The topological polar surface area (TPSA) is 29.1 Å². The lowest BCUT2D eigenvalue weighted by molar-refractivity contribution is 0.0950. The Hall–Kier alpha value is -1.61. The molecule has 0 saturated heterocycles. The molecule has 0 aromatic heterocycles. The summed E-state index contributed by atoms with van der Waals surface area (Å²) >= 11 is 3.44. The van der Waals surface area contributed by atoms with Crippen molar-refractivity contribution in [2.24, 2.45) is 0 Å². The van der Waals surface area contributed by atoms with Crippen LogP contribution in [0.2, 0.25) is 0 Å². The summed E-state index contributed by atoms with van der Waals surface area (Å²) in [6, 6.07) is 14.0. The lowest BCUT2D eigenvalue weighted by Crippen LogP contribution is -2.23. The minimum Gasteiger partial charge on any atom is -0.348 e. The van der Waals surface area contributed by atoms with E-state index in [0.29, 0.717) is 6.54 Å². The van der Waals surface area contributed by atoms with Gasteiger partial charge in [0, 0.05) is 17.4 Å². The Morgan fingerprint density at radius 3 is 2.55 bits per heavy atom. The third kappa shape index (κ3) is 3.48. The second kappa shape index (κ2) is 6.71. The zero-order chi connectivity index (χ0) is 14.5. The average Bonchev–Trinajstić information content (AvgIpc) is 2.48. The summed E-state index contributed by atoms with van der Waals surface area (Å²) in [4.78, 5) is 12.2. The Kier molecular flexibility index (Phi) is 4.96. The average molecular weight is 332 g/mol. The van der Waals surface area contributed by atoms with Gasteiger partial charge in [-0.05, 0) is 42.2 Å². The molecule has 0 radical (unpaired) electrons. The van der Waals surface area contributed by atoms with Crippen molar-refractivity contribution in [1.29, 1.82) is 0 Å². The van der Waals surface area contributed by atoms with E-state index in [1.807, 2.05) is 44.2 Å². The largest absolute Gasteiger partial charge is 0.348 e. The van der Waals surface area contributed by atoms with Crippen LogP contribution in [0.25, 0.3) is 0 Å². The van der Waals surface area contributed by atoms with E-state index in [0.717, 1.165) is 27.6 Å². The van der Waals surface area contributed by atoms with E-state index >= 15 is 0 Å². The van der Waals surface area contributed by atoms with Gasteiger partial charge in [0.2, 0.25) is 0 Å². The zero-order valence-corrected chi connectivity index (χ0v) is 13.3. The number of amides is 1. The van der Waals surface area contributed by atoms with Crippen molar-refractivity contribution >= 4 is 21.8 Å². The molecule has 2 aromatic rings. The van der Waals surface area contributed by atoms with Crippen LogP contribution in [0.1, 0.15) is 32.6 Å². The minimum absolute atomic E-state index is 0.0181. The van der Waals surface area contributed by atoms with Gasteiger partial charge in [0.05, 0.1) is 0 Å². The van der Waals surface area contributed by atoms with Crippen molar-refractivity contribution in [3.8, 4) is 0 Å². The first-order valence-corrected chi connectivity index (χ1v) is 7.72. The fourth-order valence-corrected chi connectivity index (χ4v) is 2.45. The second-order valence-corrected chi connectivity index (χ2v) is 5.44. The molecule has 2 nitrogen and oxygen atoms in total. The van der Waals surface area contributed by atoms with E-state index < -0.39 is 0 Å². The Morgan fingerprint density at radius 1 is 1.10 bits per heavy atom. The second-order valence-electron chi connectivity index (χ2n) is 4.88. The molecule has 2 rings (SSSR count). The summed E-state index contributed by atoms with van der Waals surface area (Å²) in [7, 11) is 0. The summed E-state index contributed by atoms with van der Waals surface area (Å²) in [6.07, 6.45) is 0. The van der Waals surface area contributed by atoms with Crippen LogP contribution in [0.5, 0.6) is 0 Å². The highest BCUT2D eigenvalue weighted by Gasteiger charge is 2.09. The minimum atomic E-state index is -0.0181. The molecular formula is C17H18BrNO. The van der Waals surface area contributed by atoms with Crippen molar-refractivity contribution in [1.82, 2.24) is 5.32 Å². The number of halogens is 1. The number of nitrogens with one attached hydrogen (secondary N) is 1. The van der Waals surface area contributed by atoms with Crippen LogP contribution >= 0.6 is 15.9 Å². The SMILES string of the molecule is Cc1cccc(C(=O)NCc2cccc(CBr)c2)c1C. The van der Waals surface area contributed by atoms with Crippen LogP contribution in [0.15, 0.2) is 42.5 Å². The number of hydrogen-bond acceptors (Lipinski definition) is 1. The molecule has 3 heteroatoms. The predicted molar refractivity (Wildman–Crippen MR) is 86.2 cm³/mol. The number of rotatable bonds is 4. The van der Waals surface area contributed by atoms with Gasteiger partial charge in [-0.25, -0.2) is 0 Å². The van der Waals surface area contributed by atoms with Crippen LogP contribution in [0.3, 0.4) is 0 Å². The standard InChI is InChI=1S/C17H18BrNO/c1-12-5-3-8-16(13(12)2)17(20)19-11-15-7-4-6-14(9-15)10-18/h3-9H,10-11H2,1-2H3,(H,19,20). The number of aryl methyl sites for hydroxylation is 1. The van der Waals surface area contributed by atoms with E-state index in [1.54, 1.807) is 0 Å². The lowest BCUT2D eigenvalue weighted by Gasteiger charge is -2.10. The van der Waals surface area contributed by atoms with Crippen molar-refractivity contribution in [3.63, 3.8) is 0 Å². The molecule has 0 spiro atoms. The third-order valence-electron chi connectivity index (χ3n) is 3.45. The Labute approximate surface area is 128 Å². The molecule has 0 aliphatic rings. The molecule has 20 heavy (non-hydrogen) atoms. The summed E-state index contributed by atoms with van der Waals surface area (Å²) in [5.74, 6) is -0.0181. The summed E-state index contributed by atoms with van der Waals surface area (Å²) in [5.41, 5.74) is 5.25. The predicted octanol–water partition coefficient (Wildman–Crippen LogP) is 4.13. The quantitative estimate of drug-likeness (QED) is 0.838. The third-order valence-corrected chi connectivity index (χ3v) is 4.10. The molecule has 1 amide bonds. The molecule has 0 bridgehead atoms. The first-order chi connectivity index (χ1) is 9.61. The van der Waals surface area contributed by atoms with Gasteiger partial charge in [-0.15, -0.1) is 0 Å². The van der Waals surface area contributed by atoms with Gasteiger partial charge in [0.15, 0.2) is 0 Å². The number of carbonyl (C=O) groups is 1. The molecule has 0 aliphatic carbocycles. The first-order valence-electron chi connectivity index (χ1n) is 6.60. The molecule has 0 saturated carbocycles.